The number of aliphatic imine (C=N–C) groups is 1. The van der Waals surface area contributed by atoms with Gasteiger partial charge >= 0.3 is 0 Å². The highest BCUT2D eigenvalue weighted by Gasteiger charge is 2.34. The van der Waals surface area contributed by atoms with E-state index < -0.39 is 0 Å². The van der Waals surface area contributed by atoms with Crippen LogP contribution >= 0.6 is 11.8 Å². The third-order valence-electron chi connectivity index (χ3n) is 5.06. The second-order valence-corrected chi connectivity index (χ2v) is 7.70. The molecule has 118 valence electrons. The molecule has 4 nitrogen and oxygen atoms in total. The summed E-state index contributed by atoms with van der Waals surface area (Å²) < 4.78 is 0. The number of thioether (sulfide) groups is 1. The standard InChI is InChI=1S/C16H27N3OS/c20-14(19-10-4-5-11-19)6-9-17-15-18-12-16(13-21-15)7-2-1-3-8-16/h1-13H2,(H,17,18). The van der Waals surface area contributed by atoms with Crippen molar-refractivity contribution in [2.45, 2.75) is 51.4 Å². The minimum atomic E-state index is 0.296. The smallest absolute Gasteiger partial charge is 0.224 e. The van der Waals surface area contributed by atoms with E-state index in [1.165, 1.54) is 50.7 Å². The Balaban J connectivity index is 1.39. The maximum absolute atomic E-state index is 12.0. The van der Waals surface area contributed by atoms with Crippen molar-refractivity contribution in [2.75, 3.05) is 31.9 Å². The van der Waals surface area contributed by atoms with E-state index >= 15 is 0 Å². The van der Waals surface area contributed by atoms with Gasteiger partial charge in [-0.25, -0.2) is 0 Å². The fourth-order valence-electron chi connectivity index (χ4n) is 3.66. The van der Waals surface area contributed by atoms with Gasteiger partial charge in [-0.3, -0.25) is 9.79 Å². The maximum atomic E-state index is 12.0. The van der Waals surface area contributed by atoms with Crippen molar-refractivity contribution in [2.24, 2.45) is 10.4 Å². The Bertz CT molecular complexity index is 398. The number of carbonyl (C=O) groups excluding carboxylic acids is 1. The van der Waals surface area contributed by atoms with E-state index in [4.69, 9.17) is 4.99 Å². The second kappa shape index (κ2) is 7.03. The topological polar surface area (TPSA) is 44.7 Å². The molecule has 2 heterocycles. The lowest BCUT2D eigenvalue weighted by atomic mass is 9.75. The van der Waals surface area contributed by atoms with E-state index in [0.29, 0.717) is 17.7 Å². The molecule has 1 spiro atoms. The Morgan fingerprint density at radius 1 is 1.19 bits per heavy atom. The molecule has 5 heteroatoms. The van der Waals surface area contributed by atoms with Crippen molar-refractivity contribution in [3.8, 4) is 0 Å². The number of amidine groups is 1. The second-order valence-electron chi connectivity index (χ2n) is 6.74. The molecule has 2 aliphatic heterocycles. The molecule has 1 saturated carbocycles. The third kappa shape index (κ3) is 3.93. The molecule has 21 heavy (non-hydrogen) atoms. The van der Waals surface area contributed by atoms with Crippen molar-refractivity contribution in [1.82, 2.24) is 10.2 Å². The van der Waals surface area contributed by atoms with E-state index in [1.807, 2.05) is 16.7 Å². The molecular weight excluding hydrogens is 282 g/mol. The summed E-state index contributed by atoms with van der Waals surface area (Å²) in [6, 6.07) is 0. The lowest BCUT2D eigenvalue weighted by molar-refractivity contribution is -0.129. The first-order valence-electron chi connectivity index (χ1n) is 8.46. The molecule has 0 atom stereocenters. The van der Waals surface area contributed by atoms with Gasteiger partial charge in [0.05, 0.1) is 0 Å². The number of hydrogen-bond acceptors (Lipinski definition) is 4. The molecular formula is C16H27N3OS. The highest BCUT2D eigenvalue weighted by molar-refractivity contribution is 8.13. The predicted octanol–water partition coefficient (Wildman–Crippen LogP) is 2.64. The lowest BCUT2D eigenvalue weighted by Crippen LogP contribution is -2.38. The molecule has 3 rings (SSSR count). The maximum Gasteiger partial charge on any atom is 0.224 e. The molecule has 1 amide bonds. The Labute approximate surface area is 132 Å². The van der Waals surface area contributed by atoms with Crippen LogP contribution in [0.1, 0.15) is 51.4 Å². The molecule has 1 aliphatic carbocycles. The van der Waals surface area contributed by atoms with Crippen LogP contribution in [-0.4, -0.2) is 47.9 Å². The van der Waals surface area contributed by atoms with Crippen LogP contribution in [0.2, 0.25) is 0 Å². The van der Waals surface area contributed by atoms with Crippen LogP contribution in [0.25, 0.3) is 0 Å². The summed E-state index contributed by atoms with van der Waals surface area (Å²) in [5.74, 6) is 1.50. The summed E-state index contributed by atoms with van der Waals surface area (Å²) in [5.41, 5.74) is 0.486. The Hall–Kier alpha value is -0.710. The summed E-state index contributed by atoms with van der Waals surface area (Å²) in [7, 11) is 0. The quantitative estimate of drug-likeness (QED) is 0.871. The number of hydrogen-bond donors (Lipinski definition) is 1. The zero-order valence-corrected chi connectivity index (χ0v) is 13.7. The molecule has 1 saturated heterocycles. The average molecular weight is 309 g/mol. The van der Waals surface area contributed by atoms with Crippen molar-refractivity contribution < 1.29 is 4.79 Å². The molecule has 0 bridgehead atoms. The molecule has 0 aromatic rings. The van der Waals surface area contributed by atoms with Gasteiger partial charge in [0, 0.05) is 38.4 Å². The fourth-order valence-corrected chi connectivity index (χ4v) is 4.85. The van der Waals surface area contributed by atoms with Gasteiger partial charge in [-0.1, -0.05) is 31.0 Å². The Morgan fingerprint density at radius 3 is 2.62 bits per heavy atom. The largest absolute Gasteiger partial charge is 0.364 e. The van der Waals surface area contributed by atoms with Crippen LogP contribution in [-0.2, 0) is 4.79 Å². The van der Waals surface area contributed by atoms with Crippen LogP contribution in [0.15, 0.2) is 4.99 Å². The number of nitrogens with zero attached hydrogens (tertiary/aromatic N) is 2. The number of carbonyl (C=O) groups is 1. The Kier molecular flexibility index (Phi) is 5.09. The van der Waals surface area contributed by atoms with Crippen LogP contribution in [0, 0.1) is 5.41 Å². The van der Waals surface area contributed by atoms with Crippen molar-refractivity contribution in [1.29, 1.82) is 0 Å². The zero-order chi connectivity index (χ0) is 14.5. The van der Waals surface area contributed by atoms with Crippen LogP contribution in [0.4, 0.5) is 0 Å². The van der Waals surface area contributed by atoms with Crippen molar-refractivity contribution >= 4 is 22.8 Å². The minimum absolute atomic E-state index is 0.296. The molecule has 0 aromatic heterocycles. The summed E-state index contributed by atoms with van der Waals surface area (Å²) in [4.78, 5) is 18.7. The highest BCUT2D eigenvalue weighted by atomic mass is 32.2. The van der Waals surface area contributed by atoms with Crippen molar-refractivity contribution in [3.63, 3.8) is 0 Å². The first-order chi connectivity index (χ1) is 10.3. The van der Waals surface area contributed by atoms with Gasteiger partial charge in [0.1, 0.15) is 0 Å². The van der Waals surface area contributed by atoms with Crippen LogP contribution < -0.4 is 5.32 Å². The SMILES string of the molecule is O=C(CCNC1=NCC2(CCCCC2)CS1)N1CCCC1. The molecule has 0 unspecified atom stereocenters. The first kappa shape index (κ1) is 15.2. The van der Waals surface area contributed by atoms with Gasteiger partial charge < -0.3 is 10.2 Å². The predicted molar refractivity (Wildman–Crippen MR) is 88.7 cm³/mol. The number of amides is 1. The monoisotopic (exact) mass is 309 g/mol. The Morgan fingerprint density at radius 2 is 1.95 bits per heavy atom. The van der Waals surface area contributed by atoms with E-state index in [1.54, 1.807) is 0 Å². The van der Waals surface area contributed by atoms with Crippen LogP contribution in [0.5, 0.6) is 0 Å². The lowest BCUT2D eigenvalue weighted by Gasteiger charge is -2.38. The highest BCUT2D eigenvalue weighted by Crippen LogP contribution is 2.41. The molecule has 0 radical (unpaired) electrons. The molecule has 2 fully saturated rings. The van der Waals surface area contributed by atoms with E-state index in [9.17, 15) is 4.79 Å². The third-order valence-corrected chi connectivity index (χ3v) is 6.36. The van der Waals surface area contributed by atoms with Gasteiger partial charge in [0.2, 0.25) is 5.91 Å². The summed E-state index contributed by atoms with van der Waals surface area (Å²) in [6.45, 7) is 3.63. The van der Waals surface area contributed by atoms with Crippen molar-refractivity contribution in [3.05, 3.63) is 0 Å². The average Bonchev–Trinajstić information content (AvgIpc) is 3.05. The first-order valence-corrected chi connectivity index (χ1v) is 9.45. The van der Waals surface area contributed by atoms with Gasteiger partial charge in [0.25, 0.3) is 0 Å². The summed E-state index contributed by atoms with van der Waals surface area (Å²) >= 11 is 1.87. The summed E-state index contributed by atoms with van der Waals surface area (Å²) in [5, 5.41) is 4.42. The number of nitrogens with one attached hydrogen (secondary N) is 1. The van der Waals surface area contributed by atoms with Gasteiger partial charge in [-0.05, 0) is 31.1 Å². The molecule has 0 aromatic carbocycles. The van der Waals surface area contributed by atoms with Crippen LogP contribution in [0.3, 0.4) is 0 Å². The minimum Gasteiger partial charge on any atom is -0.364 e. The number of likely N-dealkylation sites (tertiary alicyclic amines) is 1. The van der Waals surface area contributed by atoms with Gasteiger partial charge in [-0.2, -0.15) is 0 Å². The summed E-state index contributed by atoms with van der Waals surface area (Å²) in [6.07, 6.45) is 9.80. The molecule has 1 N–H and O–H groups in total. The van der Waals surface area contributed by atoms with E-state index in [0.717, 1.165) is 31.3 Å². The van der Waals surface area contributed by atoms with Gasteiger partial charge in [0.15, 0.2) is 5.17 Å². The fraction of sp³-hybridized carbons (Fsp3) is 0.875. The van der Waals surface area contributed by atoms with E-state index in [2.05, 4.69) is 5.32 Å². The number of rotatable bonds is 3. The normalized spacial score (nSPS) is 25.0. The zero-order valence-electron chi connectivity index (χ0n) is 12.9. The molecule has 3 aliphatic rings. The van der Waals surface area contributed by atoms with E-state index in [-0.39, 0.29) is 0 Å². The van der Waals surface area contributed by atoms with Gasteiger partial charge in [-0.15, -0.1) is 0 Å².